The zero-order valence-corrected chi connectivity index (χ0v) is 15.1. The van der Waals surface area contributed by atoms with E-state index >= 15 is 0 Å². The molecule has 0 saturated carbocycles. The van der Waals surface area contributed by atoms with Gasteiger partial charge in [-0.15, -0.1) is 6.42 Å². The molecule has 2 aromatic carbocycles. The second kappa shape index (κ2) is 8.39. The van der Waals surface area contributed by atoms with Gasteiger partial charge in [0.05, 0.1) is 17.6 Å². The molecule has 0 saturated heterocycles. The third-order valence-electron chi connectivity index (χ3n) is 3.82. The molecule has 0 bridgehead atoms. The van der Waals surface area contributed by atoms with Crippen molar-refractivity contribution in [3.05, 3.63) is 69.6 Å². The largest absolute Gasteiger partial charge is 0.484 e. The van der Waals surface area contributed by atoms with Crippen LogP contribution in [-0.2, 0) is 17.9 Å². The maximum absolute atomic E-state index is 12.4. The minimum Gasteiger partial charge on any atom is -0.484 e. The molecule has 1 aromatic heterocycles. The van der Waals surface area contributed by atoms with Gasteiger partial charge in [-0.3, -0.25) is 9.59 Å². The van der Waals surface area contributed by atoms with Crippen LogP contribution in [0.15, 0.2) is 53.3 Å². The first-order valence-electron chi connectivity index (χ1n) is 8.16. The Bertz CT molecular complexity index is 1070. The van der Waals surface area contributed by atoms with E-state index < -0.39 is 0 Å². The lowest BCUT2D eigenvalue weighted by Gasteiger charge is -2.11. The molecule has 6 nitrogen and oxygen atoms in total. The van der Waals surface area contributed by atoms with Crippen molar-refractivity contribution in [2.45, 2.75) is 13.1 Å². The van der Waals surface area contributed by atoms with Crippen molar-refractivity contribution in [3.8, 4) is 18.1 Å². The summed E-state index contributed by atoms with van der Waals surface area (Å²) in [6.07, 6.45) is 5.31. The normalized spacial score (nSPS) is 10.4. The Kier molecular flexibility index (Phi) is 5.74. The van der Waals surface area contributed by atoms with Crippen LogP contribution in [0, 0.1) is 12.3 Å². The molecule has 1 heterocycles. The average Bonchev–Trinajstić information content (AvgIpc) is 2.69. The molecule has 0 unspecified atom stereocenters. The summed E-state index contributed by atoms with van der Waals surface area (Å²) in [5, 5.41) is 8.79. The quantitative estimate of drug-likeness (QED) is 0.665. The van der Waals surface area contributed by atoms with Crippen molar-refractivity contribution in [1.82, 2.24) is 15.1 Å². The molecule has 27 heavy (non-hydrogen) atoms. The summed E-state index contributed by atoms with van der Waals surface area (Å²) in [4.78, 5) is 24.5. The molecule has 0 radical (unpaired) electrons. The first kappa shape index (κ1) is 18.5. The summed E-state index contributed by atoms with van der Waals surface area (Å²) < 4.78 is 6.62. The van der Waals surface area contributed by atoms with Gasteiger partial charge in [0.25, 0.3) is 11.5 Å². The Morgan fingerprint density at radius 2 is 1.89 bits per heavy atom. The van der Waals surface area contributed by atoms with Gasteiger partial charge in [-0.1, -0.05) is 35.7 Å². The number of hydrogen-bond donors (Lipinski definition) is 1. The Hall–Kier alpha value is -3.30. The van der Waals surface area contributed by atoms with Gasteiger partial charge in [-0.2, -0.15) is 5.10 Å². The number of ether oxygens (including phenoxy) is 1. The lowest BCUT2D eigenvalue weighted by molar-refractivity contribution is -0.123. The van der Waals surface area contributed by atoms with E-state index in [2.05, 4.69) is 16.3 Å². The third kappa shape index (κ3) is 4.46. The molecule has 0 spiro atoms. The van der Waals surface area contributed by atoms with Crippen molar-refractivity contribution in [3.63, 3.8) is 0 Å². The smallest absolute Gasteiger partial charge is 0.275 e. The van der Waals surface area contributed by atoms with E-state index in [9.17, 15) is 9.59 Å². The maximum atomic E-state index is 12.4. The van der Waals surface area contributed by atoms with Gasteiger partial charge in [-0.05, 0) is 30.3 Å². The number of terminal acetylenes is 1. The fraction of sp³-hybridized carbons (Fsp3) is 0.150. The molecule has 136 valence electrons. The number of nitrogens with zero attached hydrogens (tertiary/aromatic N) is 2. The van der Waals surface area contributed by atoms with Gasteiger partial charge in [0.1, 0.15) is 12.3 Å². The highest BCUT2D eigenvalue weighted by molar-refractivity contribution is 6.30. The molecule has 1 amide bonds. The van der Waals surface area contributed by atoms with Crippen LogP contribution in [0.4, 0.5) is 0 Å². The van der Waals surface area contributed by atoms with E-state index in [4.69, 9.17) is 22.8 Å². The first-order valence-corrected chi connectivity index (χ1v) is 8.53. The summed E-state index contributed by atoms with van der Waals surface area (Å²) in [6.45, 7) is 0.0576. The molecule has 1 N–H and O–H groups in total. The van der Waals surface area contributed by atoms with Crippen LogP contribution in [0.25, 0.3) is 10.8 Å². The molecule has 0 aliphatic heterocycles. The highest BCUT2D eigenvalue weighted by Crippen LogP contribution is 2.15. The van der Waals surface area contributed by atoms with Crippen LogP contribution in [0.2, 0.25) is 5.02 Å². The fourth-order valence-corrected chi connectivity index (χ4v) is 2.67. The zero-order chi connectivity index (χ0) is 19.2. The van der Waals surface area contributed by atoms with Crippen molar-refractivity contribution in [2.24, 2.45) is 0 Å². The van der Waals surface area contributed by atoms with Crippen LogP contribution in [0.3, 0.4) is 0 Å². The Morgan fingerprint density at radius 1 is 1.19 bits per heavy atom. The Balaban J connectivity index is 1.71. The van der Waals surface area contributed by atoms with E-state index in [0.29, 0.717) is 27.2 Å². The molecule has 7 heteroatoms. The summed E-state index contributed by atoms with van der Waals surface area (Å²) in [7, 11) is 0. The number of aromatic nitrogens is 2. The van der Waals surface area contributed by atoms with Crippen molar-refractivity contribution < 1.29 is 9.53 Å². The number of halogens is 1. The average molecular weight is 382 g/mol. The standard InChI is InChI=1S/C20H16ClN3O3/c1-2-11-24-20(26)17-6-4-3-5-16(17)18(23-24)12-22-19(25)13-27-15-9-7-14(21)8-10-15/h1,3-10H,11-13H2,(H,22,25). The molecule has 3 rings (SSSR count). The van der Waals surface area contributed by atoms with Crippen molar-refractivity contribution in [1.29, 1.82) is 0 Å². The lowest BCUT2D eigenvalue weighted by Crippen LogP contribution is -2.31. The molecule has 3 aromatic rings. The monoisotopic (exact) mass is 381 g/mol. The number of nitrogens with one attached hydrogen (secondary N) is 1. The highest BCUT2D eigenvalue weighted by atomic mass is 35.5. The van der Waals surface area contributed by atoms with Crippen molar-refractivity contribution in [2.75, 3.05) is 6.61 Å². The molecule has 0 aliphatic rings. The highest BCUT2D eigenvalue weighted by Gasteiger charge is 2.11. The molecule has 0 fully saturated rings. The second-order valence-electron chi connectivity index (χ2n) is 5.68. The second-order valence-corrected chi connectivity index (χ2v) is 6.11. The molecule has 0 atom stereocenters. The van der Waals surface area contributed by atoms with Crippen LogP contribution in [0.1, 0.15) is 5.69 Å². The SMILES string of the molecule is C#CCn1nc(CNC(=O)COc2ccc(Cl)cc2)c2ccccc2c1=O. The van der Waals surface area contributed by atoms with Gasteiger partial charge in [0, 0.05) is 10.4 Å². The van der Waals surface area contributed by atoms with E-state index in [1.54, 1.807) is 42.5 Å². The number of carbonyl (C=O) groups is 1. The van der Waals surface area contributed by atoms with Crippen LogP contribution >= 0.6 is 11.6 Å². The summed E-state index contributed by atoms with van der Waals surface area (Å²) in [6, 6.07) is 13.8. The van der Waals surface area contributed by atoms with E-state index in [1.165, 1.54) is 4.68 Å². The van der Waals surface area contributed by atoms with Crippen LogP contribution < -0.4 is 15.6 Å². The van der Waals surface area contributed by atoms with E-state index in [-0.39, 0.29) is 31.2 Å². The Labute approximate surface area is 160 Å². The fourth-order valence-electron chi connectivity index (χ4n) is 2.54. The van der Waals surface area contributed by atoms with E-state index in [1.807, 2.05) is 6.07 Å². The molecule has 0 aliphatic carbocycles. The number of hydrogen-bond acceptors (Lipinski definition) is 4. The predicted octanol–water partition coefficient (Wildman–Crippen LogP) is 2.38. The first-order chi connectivity index (χ1) is 13.1. The minimum absolute atomic E-state index is 0.0598. The van der Waals surface area contributed by atoms with Crippen LogP contribution in [-0.4, -0.2) is 22.3 Å². The number of amides is 1. The minimum atomic E-state index is -0.314. The van der Waals surface area contributed by atoms with Gasteiger partial charge in [0.15, 0.2) is 6.61 Å². The lowest BCUT2D eigenvalue weighted by atomic mass is 10.1. The summed E-state index contributed by atoms with van der Waals surface area (Å²) in [5.41, 5.74) is 0.296. The van der Waals surface area contributed by atoms with Gasteiger partial charge in [0.2, 0.25) is 0 Å². The summed E-state index contributed by atoms with van der Waals surface area (Å²) in [5.74, 6) is 2.64. The maximum Gasteiger partial charge on any atom is 0.275 e. The number of rotatable bonds is 6. The van der Waals surface area contributed by atoms with Gasteiger partial charge >= 0.3 is 0 Å². The van der Waals surface area contributed by atoms with Gasteiger partial charge in [-0.25, -0.2) is 4.68 Å². The number of benzene rings is 2. The third-order valence-corrected chi connectivity index (χ3v) is 4.07. The molecular formula is C20H16ClN3O3. The number of fused-ring (bicyclic) bond motifs is 1. The van der Waals surface area contributed by atoms with Crippen molar-refractivity contribution >= 4 is 28.3 Å². The molecular weight excluding hydrogens is 366 g/mol. The topological polar surface area (TPSA) is 73.2 Å². The zero-order valence-electron chi connectivity index (χ0n) is 14.3. The Morgan fingerprint density at radius 3 is 2.59 bits per heavy atom. The van der Waals surface area contributed by atoms with Crippen LogP contribution in [0.5, 0.6) is 5.75 Å². The predicted molar refractivity (Wildman–Crippen MR) is 104 cm³/mol. The van der Waals surface area contributed by atoms with E-state index in [0.717, 1.165) is 0 Å². The summed E-state index contributed by atoms with van der Waals surface area (Å²) >= 11 is 5.81. The van der Waals surface area contributed by atoms with Gasteiger partial charge < -0.3 is 10.1 Å². The number of carbonyl (C=O) groups excluding carboxylic acids is 1.